The molecule has 0 heterocycles. The first kappa shape index (κ1) is 8.41. The van der Waals surface area contributed by atoms with E-state index in [9.17, 15) is 0 Å². The van der Waals surface area contributed by atoms with E-state index in [4.69, 9.17) is 0 Å². The van der Waals surface area contributed by atoms with Crippen LogP contribution in [0.1, 0.15) is 12.5 Å². The minimum Gasteiger partial charge on any atom is -0.143 e. The van der Waals surface area contributed by atoms with E-state index in [-0.39, 0.29) is 0 Å². The van der Waals surface area contributed by atoms with Crippen LogP contribution in [0.15, 0.2) is 41.3 Å². The molecule has 0 bridgehead atoms. The smallest absolute Gasteiger partial charge is 0.00751 e. The number of thiol groups is 1. The fourth-order valence-corrected chi connectivity index (χ4v) is 1.18. The van der Waals surface area contributed by atoms with Crippen LogP contribution in [0.25, 0.3) is 0 Å². The molecule has 0 atom stereocenters. The van der Waals surface area contributed by atoms with Gasteiger partial charge in [0.15, 0.2) is 0 Å². The number of hydrogen-bond donors (Lipinski definition) is 1. The number of benzene rings is 1. The fourth-order valence-electron chi connectivity index (χ4n) is 0.928. The van der Waals surface area contributed by atoms with Crippen LogP contribution in [0.2, 0.25) is 0 Å². The van der Waals surface area contributed by atoms with Crippen molar-refractivity contribution in [2.45, 2.75) is 18.2 Å². The van der Waals surface area contributed by atoms with E-state index in [0.717, 1.165) is 11.3 Å². The quantitative estimate of drug-likeness (QED) is 0.504. The Kier molecular flexibility index (Phi) is 3.24. The average Bonchev–Trinajstić information content (AvgIpc) is 2.03. The highest BCUT2D eigenvalue weighted by molar-refractivity contribution is 7.80. The van der Waals surface area contributed by atoms with Gasteiger partial charge in [-0.2, -0.15) is 0 Å². The first-order chi connectivity index (χ1) is 5.34. The summed E-state index contributed by atoms with van der Waals surface area (Å²) in [6.07, 6.45) is 5.17. The molecule has 1 rings (SSSR count). The molecular weight excluding hydrogens is 152 g/mol. The number of hydrogen-bond acceptors (Lipinski definition) is 1. The topological polar surface area (TPSA) is 0 Å². The summed E-state index contributed by atoms with van der Waals surface area (Å²) < 4.78 is 0. The van der Waals surface area contributed by atoms with Gasteiger partial charge < -0.3 is 0 Å². The summed E-state index contributed by atoms with van der Waals surface area (Å²) in [5.41, 5.74) is 1.29. The summed E-state index contributed by atoms with van der Waals surface area (Å²) in [6.45, 7) is 2.03. The minimum atomic E-state index is 0.982. The third kappa shape index (κ3) is 2.43. The Labute approximate surface area is 73.4 Å². The van der Waals surface area contributed by atoms with Crippen LogP contribution in [0.5, 0.6) is 0 Å². The minimum absolute atomic E-state index is 0.982. The van der Waals surface area contributed by atoms with Crippen LogP contribution in [0.3, 0.4) is 0 Å². The Morgan fingerprint density at radius 3 is 2.73 bits per heavy atom. The monoisotopic (exact) mass is 164 g/mol. The zero-order valence-electron chi connectivity index (χ0n) is 6.62. The molecule has 58 valence electrons. The zero-order valence-corrected chi connectivity index (χ0v) is 7.51. The van der Waals surface area contributed by atoms with Gasteiger partial charge in [0.05, 0.1) is 0 Å². The fraction of sp³-hybridized carbons (Fsp3) is 0.200. The lowest BCUT2D eigenvalue weighted by atomic mass is 10.1. The molecule has 1 aromatic carbocycles. The number of allylic oxidation sites excluding steroid dienone is 2. The van der Waals surface area contributed by atoms with E-state index < -0.39 is 0 Å². The lowest BCUT2D eigenvalue weighted by molar-refractivity contribution is 1.18. The molecule has 0 nitrogen and oxygen atoms in total. The molecular formula is C10H12S. The van der Waals surface area contributed by atoms with Crippen LogP contribution in [-0.2, 0) is 6.42 Å². The molecule has 0 fully saturated rings. The van der Waals surface area contributed by atoms with Gasteiger partial charge in [-0.3, -0.25) is 0 Å². The van der Waals surface area contributed by atoms with Gasteiger partial charge >= 0.3 is 0 Å². The molecule has 0 aliphatic heterocycles. The lowest BCUT2D eigenvalue weighted by Crippen LogP contribution is -1.81. The van der Waals surface area contributed by atoms with Gasteiger partial charge in [-0.05, 0) is 25.0 Å². The van der Waals surface area contributed by atoms with Crippen molar-refractivity contribution in [3.8, 4) is 0 Å². The summed E-state index contributed by atoms with van der Waals surface area (Å²) in [5, 5.41) is 0. The predicted molar refractivity (Wildman–Crippen MR) is 52.2 cm³/mol. The van der Waals surface area contributed by atoms with Crippen LogP contribution >= 0.6 is 12.6 Å². The van der Waals surface area contributed by atoms with Gasteiger partial charge in [0.25, 0.3) is 0 Å². The van der Waals surface area contributed by atoms with Crippen molar-refractivity contribution in [3.05, 3.63) is 42.0 Å². The van der Waals surface area contributed by atoms with Crippen LogP contribution < -0.4 is 0 Å². The summed E-state index contributed by atoms with van der Waals surface area (Å²) in [6, 6.07) is 8.16. The van der Waals surface area contributed by atoms with Crippen LogP contribution in [0.4, 0.5) is 0 Å². The standard InChI is InChI=1S/C10H12S/c1-2-3-6-9-7-4-5-8-10(9)11/h2-5,7-8,11H,6H2,1H3/b3-2+. The summed E-state index contributed by atoms with van der Waals surface area (Å²) in [4.78, 5) is 1.07. The van der Waals surface area contributed by atoms with Crippen molar-refractivity contribution >= 4 is 12.6 Å². The van der Waals surface area contributed by atoms with Crippen molar-refractivity contribution in [1.82, 2.24) is 0 Å². The predicted octanol–water partition coefficient (Wildman–Crippen LogP) is 3.09. The molecule has 0 saturated carbocycles. The molecule has 1 aromatic rings. The summed E-state index contributed by atoms with van der Waals surface area (Å²) in [7, 11) is 0. The second-order valence-electron chi connectivity index (χ2n) is 2.40. The highest BCUT2D eigenvalue weighted by Crippen LogP contribution is 2.13. The zero-order chi connectivity index (χ0) is 8.10. The van der Waals surface area contributed by atoms with Crippen LogP contribution in [-0.4, -0.2) is 0 Å². The van der Waals surface area contributed by atoms with Crippen molar-refractivity contribution in [2.75, 3.05) is 0 Å². The van der Waals surface area contributed by atoms with E-state index in [2.05, 4.69) is 30.8 Å². The van der Waals surface area contributed by atoms with E-state index in [1.54, 1.807) is 0 Å². The van der Waals surface area contributed by atoms with Crippen molar-refractivity contribution in [2.24, 2.45) is 0 Å². The second-order valence-corrected chi connectivity index (χ2v) is 2.88. The Bertz CT molecular complexity index is 251. The molecule has 0 saturated heterocycles. The number of rotatable bonds is 2. The van der Waals surface area contributed by atoms with Gasteiger partial charge in [-0.25, -0.2) is 0 Å². The maximum absolute atomic E-state index is 4.34. The average molecular weight is 164 g/mol. The third-order valence-corrected chi connectivity index (χ3v) is 2.00. The molecule has 0 unspecified atom stereocenters. The Morgan fingerprint density at radius 1 is 1.36 bits per heavy atom. The largest absolute Gasteiger partial charge is 0.143 e. The van der Waals surface area contributed by atoms with E-state index in [1.165, 1.54) is 5.56 Å². The molecule has 0 radical (unpaired) electrons. The summed E-state index contributed by atoms with van der Waals surface area (Å²) in [5.74, 6) is 0. The van der Waals surface area contributed by atoms with Crippen LogP contribution in [0, 0.1) is 0 Å². The SMILES string of the molecule is C/C=C/Cc1ccccc1S. The molecule has 0 N–H and O–H groups in total. The van der Waals surface area contributed by atoms with E-state index >= 15 is 0 Å². The highest BCUT2D eigenvalue weighted by atomic mass is 32.1. The molecule has 0 amide bonds. The van der Waals surface area contributed by atoms with Gasteiger partial charge in [0.2, 0.25) is 0 Å². The summed E-state index contributed by atoms with van der Waals surface area (Å²) >= 11 is 4.34. The molecule has 0 aliphatic rings. The first-order valence-corrected chi connectivity index (χ1v) is 4.17. The van der Waals surface area contributed by atoms with E-state index in [0.29, 0.717) is 0 Å². The van der Waals surface area contributed by atoms with Crippen molar-refractivity contribution < 1.29 is 0 Å². The Morgan fingerprint density at radius 2 is 2.09 bits per heavy atom. The van der Waals surface area contributed by atoms with Gasteiger partial charge in [0, 0.05) is 4.90 Å². The van der Waals surface area contributed by atoms with Crippen molar-refractivity contribution in [3.63, 3.8) is 0 Å². The second kappa shape index (κ2) is 4.24. The molecule has 0 aliphatic carbocycles. The molecule has 0 spiro atoms. The maximum atomic E-state index is 4.34. The van der Waals surface area contributed by atoms with E-state index in [1.807, 2.05) is 25.1 Å². The van der Waals surface area contributed by atoms with Gasteiger partial charge in [-0.15, -0.1) is 12.6 Å². The normalized spacial score (nSPS) is 10.7. The van der Waals surface area contributed by atoms with Crippen molar-refractivity contribution in [1.29, 1.82) is 0 Å². The molecule has 1 heteroatoms. The Balaban J connectivity index is 2.77. The van der Waals surface area contributed by atoms with Gasteiger partial charge in [-0.1, -0.05) is 30.4 Å². The molecule has 11 heavy (non-hydrogen) atoms. The maximum Gasteiger partial charge on any atom is 0.00751 e. The first-order valence-electron chi connectivity index (χ1n) is 3.72. The third-order valence-electron chi connectivity index (χ3n) is 1.57. The lowest BCUT2D eigenvalue weighted by Gasteiger charge is -1.98. The Hall–Kier alpha value is -0.690. The highest BCUT2D eigenvalue weighted by Gasteiger charge is 1.92. The van der Waals surface area contributed by atoms with Gasteiger partial charge in [0.1, 0.15) is 0 Å². The molecule has 0 aromatic heterocycles.